The molecule has 0 amide bonds. The first-order valence-corrected chi connectivity index (χ1v) is 6.58. The minimum atomic E-state index is -0.407. The quantitative estimate of drug-likeness (QED) is 0.510. The van der Waals surface area contributed by atoms with E-state index in [4.69, 9.17) is 4.74 Å². The number of benzene rings is 1. The van der Waals surface area contributed by atoms with Crippen LogP contribution in [-0.2, 0) is 4.79 Å². The van der Waals surface area contributed by atoms with E-state index in [0.717, 1.165) is 0 Å². The number of aromatic nitrogens is 3. The van der Waals surface area contributed by atoms with Crippen LogP contribution in [0, 0.1) is 0 Å². The third-order valence-electron chi connectivity index (χ3n) is 2.58. The SMILES string of the molecule is CC(=O)Oc1ccccc1/C=c1\sc2ncnn2c1=O. The first-order chi connectivity index (χ1) is 9.65. The predicted octanol–water partition coefficient (Wildman–Crippen LogP) is 0.624. The molecular formula is C13H9N3O3S. The van der Waals surface area contributed by atoms with Gasteiger partial charge < -0.3 is 4.74 Å². The number of hydrogen-bond acceptors (Lipinski definition) is 6. The first kappa shape index (κ1) is 12.5. The van der Waals surface area contributed by atoms with Crippen LogP contribution in [0.4, 0.5) is 0 Å². The Morgan fingerprint density at radius 3 is 2.95 bits per heavy atom. The van der Waals surface area contributed by atoms with Gasteiger partial charge in [-0.25, -0.2) is 4.98 Å². The highest BCUT2D eigenvalue weighted by molar-refractivity contribution is 7.15. The normalized spacial score (nSPS) is 11.9. The Kier molecular flexibility index (Phi) is 3.03. The largest absolute Gasteiger partial charge is 0.426 e. The van der Waals surface area contributed by atoms with E-state index < -0.39 is 5.97 Å². The van der Waals surface area contributed by atoms with Gasteiger partial charge >= 0.3 is 5.97 Å². The van der Waals surface area contributed by atoms with Crippen molar-refractivity contribution in [3.63, 3.8) is 0 Å². The van der Waals surface area contributed by atoms with Gasteiger partial charge in [-0.15, -0.1) is 0 Å². The Balaban J connectivity index is 2.16. The van der Waals surface area contributed by atoms with Crippen molar-refractivity contribution in [2.75, 3.05) is 0 Å². The molecule has 0 spiro atoms. The smallest absolute Gasteiger partial charge is 0.308 e. The molecule has 0 saturated heterocycles. The molecule has 20 heavy (non-hydrogen) atoms. The third-order valence-corrected chi connectivity index (χ3v) is 3.55. The average Bonchev–Trinajstić information content (AvgIpc) is 2.96. The minimum absolute atomic E-state index is 0.236. The number of nitrogens with zero attached hydrogens (tertiary/aromatic N) is 3. The molecule has 2 aromatic heterocycles. The summed E-state index contributed by atoms with van der Waals surface area (Å²) in [6.45, 7) is 1.33. The number of ether oxygens (including phenoxy) is 1. The Bertz CT molecular complexity index is 897. The van der Waals surface area contributed by atoms with Crippen LogP contribution in [0.1, 0.15) is 12.5 Å². The van der Waals surface area contributed by atoms with Crippen LogP contribution in [0.2, 0.25) is 0 Å². The van der Waals surface area contributed by atoms with Gasteiger partial charge in [0.2, 0.25) is 4.96 Å². The molecule has 0 atom stereocenters. The lowest BCUT2D eigenvalue weighted by molar-refractivity contribution is -0.131. The molecule has 0 radical (unpaired) electrons. The fourth-order valence-corrected chi connectivity index (χ4v) is 2.64. The van der Waals surface area contributed by atoms with Crippen LogP contribution >= 0.6 is 11.3 Å². The maximum absolute atomic E-state index is 12.1. The molecule has 3 aromatic rings. The Labute approximate surface area is 116 Å². The Morgan fingerprint density at radius 1 is 1.40 bits per heavy atom. The second kappa shape index (κ2) is 4.86. The molecule has 0 bridgehead atoms. The zero-order valence-corrected chi connectivity index (χ0v) is 11.3. The van der Waals surface area contributed by atoms with Gasteiger partial charge in [-0.1, -0.05) is 29.5 Å². The lowest BCUT2D eigenvalue weighted by Crippen LogP contribution is -2.23. The van der Waals surface area contributed by atoms with Gasteiger partial charge in [0.1, 0.15) is 12.1 Å². The third kappa shape index (κ3) is 2.19. The summed E-state index contributed by atoms with van der Waals surface area (Å²) >= 11 is 1.23. The Morgan fingerprint density at radius 2 is 2.20 bits per heavy atom. The fourth-order valence-electron chi connectivity index (χ4n) is 1.77. The zero-order valence-electron chi connectivity index (χ0n) is 10.4. The molecule has 100 valence electrons. The van der Waals surface area contributed by atoms with Gasteiger partial charge in [0.25, 0.3) is 5.56 Å². The molecule has 1 aromatic carbocycles. The Hall–Kier alpha value is -2.54. The lowest BCUT2D eigenvalue weighted by atomic mass is 10.2. The molecule has 6 nitrogen and oxygen atoms in total. The number of rotatable bonds is 2. The number of esters is 1. The highest BCUT2D eigenvalue weighted by atomic mass is 32.1. The monoisotopic (exact) mass is 287 g/mol. The van der Waals surface area contributed by atoms with Crippen molar-refractivity contribution in [1.82, 2.24) is 14.6 Å². The van der Waals surface area contributed by atoms with Gasteiger partial charge in [-0.05, 0) is 12.1 Å². The molecule has 0 N–H and O–H groups in total. The van der Waals surface area contributed by atoms with E-state index in [9.17, 15) is 9.59 Å². The van der Waals surface area contributed by atoms with Gasteiger partial charge in [-0.2, -0.15) is 9.61 Å². The van der Waals surface area contributed by atoms with Gasteiger partial charge in [0, 0.05) is 12.5 Å². The second-order valence-electron chi connectivity index (χ2n) is 4.00. The molecule has 3 rings (SSSR count). The standard InChI is InChI=1S/C13H9N3O3S/c1-8(17)19-10-5-3-2-4-9(10)6-11-12(18)16-13(20-11)14-7-15-16/h2-7H,1H3/b11-6-. The summed E-state index contributed by atoms with van der Waals surface area (Å²) in [7, 11) is 0. The van der Waals surface area contributed by atoms with Crippen LogP contribution in [0.3, 0.4) is 0 Å². The van der Waals surface area contributed by atoms with E-state index in [1.807, 2.05) is 0 Å². The summed E-state index contributed by atoms with van der Waals surface area (Å²) in [6, 6.07) is 7.01. The molecule has 0 aliphatic rings. The van der Waals surface area contributed by atoms with Crippen LogP contribution in [0.15, 0.2) is 35.4 Å². The summed E-state index contributed by atoms with van der Waals surface area (Å²) in [5.41, 5.74) is 0.421. The molecule has 2 heterocycles. The highest BCUT2D eigenvalue weighted by Crippen LogP contribution is 2.18. The molecule has 7 heteroatoms. The van der Waals surface area contributed by atoms with Gasteiger partial charge in [-0.3, -0.25) is 9.59 Å². The van der Waals surface area contributed by atoms with E-state index in [1.165, 1.54) is 29.1 Å². The molecule has 0 aliphatic heterocycles. The van der Waals surface area contributed by atoms with Gasteiger partial charge in [0.05, 0.1) is 4.53 Å². The number of para-hydroxylation sites is 1. The number of carbonyl (C=O) groups excluding carboxylic acids is 1. The maximum Gasteiger partial charge on any atom is 0.308 e. The summed E-state index contributed by atoms with van der Waals surface area (Å²) in [4.78, 5) is 27.6. The van der Waals surface area contributed by atoms with Gasteiger partial charge in [0.15, 0.2) is 0 Å². The number of hydrogen-bond donors (Lipinski definition) is 0. The lowest BCUT2D eigenvalue weighted by Gasteiger charge is -2.03. The van der Waals surface area contributed by atoms with E-state index in [0.29, 0.717) is 20.8 Å². The van der Waals surface area contributed by atoms with Crippen molar-refractivity contribution in [3.05, 3.63) is 51.0 Å². The molecular weight excluding hydrogens is 278 g/mol. The van der Waals surface area contributed by atoms with Crippen molar-refractivity contribution in [3.8, 4) is 5.75 Å². The van der Waals surface area contributed by atoms with Crippen molar-refractivity contribution in [2.24, 2.45) is 0 Å². The molecule has 0 saturated carbocycles. The summed E-state index contributed by atoms with van der Waals surface area (Å²) < 4.78 is 6.83. The van der Waals surface area contributed by atoms with Crippen molar-refractivity contribution >= 4 is 28.3 Å². The van der Waals surface area contributed by atoms with Crippen molar-refractivity contribution < 1.29 is 9.53 Å². The number of thiazole rings is 1. The van der Waals surface area contributed by atoms with E-state index in [1.54, 1.807) is 30.3 Å². The minimum Gasteiger partial charge on any atom is -0.426 e. The predicted molar refractivity (Wildman–Crippen MR) is 73.7 cm³/mol. The topological polar surface area (TPSA) is 73.6 Å². The zero-order chi connectivity index (χ0) is 14.1. The highest BCUT2D eigenvalue weighted by Gasteiger charge is 2.07. The van der Waals surface area contributed by atoms with Crippen LogP contribution in [-0.4, -0.2) is 20.6 Å². The maximum atomic E-state index is 12.1. The van der Waals surface area contributed by atoms with Crippen molar-refractivity contribution in [2.45, 2.75) is 6.92 Å². The van der Waals surface area contributed by atoms with E-state index in [2.05, 4.69) is 10.1 Å². The molecule has 0 aliphatic carbocycles. The average molecular weight is 287 g/mol. The van der Waals surface area contributed by atoms with Crippen molar-refractivity contribution in [1.29, 1.82) is 0 Å². The van der Waals surface area contributed by atoms with Crippen LogP contribution < -0.4 is 14.8 Å². The van der Waals surface area contributed by atoms with E-state index in [-0.39, 0.29) is 5.56 Å². The van der Waals surface area contributed by atoms with Crippen LogP contribution in [0.5, 0.6) is 5.75 Å². The van der Waals surface area contributed by atoms with E-state index >= 15 is 0 Å². The summed E-state index contributed by atoms with van der Waals surface area (Å²) in [5.74, 6) is 0.00856. The fraction of sp³-hybridized carbons (Fsp3) is 0.0769. The van der Waals surface area contributed by atoms with Crippen LogP contribution in [0.25, 0.3) is 11.0 Å². The molecule has 0 unspecified atom stereocenters. The summed E-state index contributed by atoms with van der Waals surface area (Å²) in [5, 5.41) is 3.85. The summed E-state index contributed by atoms with van der Waals surface area (Å²) in [6.07, 6.45) is 3.01. The number of carbonyl (C=O) groups is 1. The first-order valence-electron chi connectivity index (χ1n) is 5.77. The molecule has 0 fully saturated rings. The number of fused-ring (bicyclic) bond motifs is 1. The second-order valence-corrected chi connectivity index (χ2v) is 5.01.